The van der Waals surface area contributed by atoms with Crippen LogP contribution in [0.3, 0.4) is 0 Å². The third-order valence-corrected chi connectivity index (χ3v) is 2.02. The summed E-state index contributed by atoms with van der Waals surface area (Å²) in [7, 11) is 0. The molecule has 1 aromatic carbocycles. The highest BCUT2D eigenvalue weighted by Gasteiger charge is 2.10. The third-order valence-electron chi connectivity index (χ3n) is 1.78. The second-order valence-electron chi connectivity index (χ2n) is 2.75. The van der Waals surface area contributed by atoms with E-state index in [4.69, 9.17) is 17.3 Å². The average Bonchev–Trinajstić information content (AvgIpc) is 2.04. The lowest BCUT2D eigenvalue weighted by Crippen LogP contribution is -2.12. The maximum Gasteiger partial charge on any atom is 0.129 e. The van der Waals surface area contributed by atoms with Gasteiger partial charge < -0.3 is 5.73 Å². The molecule has 0 aliphatic carbocycles. The standard InChI is InChI=1S/C9H10ClF2N/c10-6-1-2-7(8(12)5-6)9(13)3-4-11/h1-2,5,9H,3-4,13H2/t9-/m0/s1. The fourth-order valence-corrected chi connectivity index (χ4v) is 1.23. The van der Waals surface area contributed by atoms with Crippen molar-refractivity contribution in [3.05, 3.63) is 34.6 Å². The molecule has 72 valence electrons. The Morgan fingerprint density at radius 1 is 1.46 bits per heavy atom. The molecule has 0 amide bonds. The van der Waals surface area contributed by atoms with Crippen LogP contribution in [-0.4, -0.2) is 6.67 Å². The van der Waals surface area contributed by atoms with Crippen molar-refractivity contribution in [3.8, 4) is 0 Å². The van der Waals surface area contributed by atoms with E-state index in [0.29, 0.717) is 10.6 Å². The Balaban J connectivity index is 2.88. The Morgan fingerprint density at radius 3 is 2.69 bits per heavy atom. The quantitative estimate of drug-likeness (QED) is 0.807. The molecule has 0 unspecified atom stereocenters. The van der Waals surface area contributed by atoms with Gasteiger partial charge in [-0.25, -0.2) is 4.39 Å². The van der Waals surface area contributed by atoms with Gasteiger partial charge in [-0.2, -0.15) is 0 Å². The Kier molecular flexibility index (Phi) is 3.63. The molecule has 1 rings (SSSR count). The zero-order chi connectivity index (χ0) is 9.84. The minimum atomic E-state index is -0.595. The zero-order valence-electron chi connectivity index (χ0n) is 6.93. The van der Waals surface area contributed by atoms with E-state index < -0.39 is 18.5 Å². The van der Waals surface area contributed by atoms with E-state index in [1.807, 2.05) is 0 Å². The summed E-state index contributed by atoms with van der Waals surface area (Å²) in [5.41, 5.74) is 5.84. The van der Waals surface area contributed by atoms with E-state index >= 15 is 0 Å². The molecule has 13 heavy (non-hydrogen) atoms. The monoisotopic (exact) mass is 205 g/mol. The van der Waals surface area contributed by atoms with Gasteiger partial charge in [0.15, 0.2) is 0 Å². The second kappa shape index (κ2) is 4.53. The van der Waals surface area contributed by atoms with Gasteiger partial charge in [0.1, 0.15) is 5.82 Å². The Labute approximate surface area is 80.5 Å². The minimum Gasteiger partial charge on any atom is -0.324 e. The molecule has 0 heterocycles. The molecule has 0 bridgehead atoms. The molecule has 0 saturated heterocycles. The first-order valence-corrected chi connectivity index (χ1v) is 4.29. The molecular weight excluding hydrogens is 196 g/mol. The summed E-state index contributed by atoms with van der Waals surface area (Å²) in [5, 5.41) is 0.314. The van der Waals surface area contributed by atoms with Gasteiger partial charge in [-0.15, -0.1) is 0 Å². The molecule has 0 aliphatic heterocycles. The van der Waals surface area contributed by atoms with Crippen molar-refractivity contribution in [1.29, 1.82) is 0 Å². The molecule has 0 spiro atoms. The number of nitrogens with two attached hydrogens (primary N) is 1. The van der Waals surface area contributed by atoms with Crippen LogP contribution < -0.4 is 5.73 Å². The van der Waals surface area contributed by atoms with Gasteiger partial charge in [-0.3, -0.25) is 4.39 Å². The number of hydrogen-bond acceptors (Lipinski definition) is 1. The number of rotatable bonds is 3. The predicted molar refractivity (Wildman–Crippen MR) is 48.9 cm³/mol. The molecule has 1 aromatic rings. The molecule has 0 aliphatic rings. The molecule has 0 saturated carbocycles. The molecular formula is C9H10ClF2N. The molecule has 0 radical (unpaired) electrons. The van der Waals surface area contributed by atoms with Crippen LogP contribution in [0.1, 0.15) is 18.0 Å². The highest BCUT2D eigenvalue weighted by molar-refractivity contribution is 6.30. The first kappa shape index (κ1) is 10.4. The SMILES string of the molecule is N[C@@H](CCF)c1ccc(Cl)cc1F. The van der Waals surface area contributed by atoms with Gasteiger partial charge in [-0.1, -0.05) is 17.7 Å². The van der Waals surface area contributed by atoms with E-state index in [2.05, 4.69) is 0 Å². The first-order valence-electron chi connectivity index (χ1n) is 3.91. The third kappa shape index (κ3) is 2.64. The minimum absolute atomic E-state index is 0.124. The van der Waals surface area contributed by atoms with Crippen molar-refractivity contribution in [3.63, 3.8) is 0 Å². The van der Waals surface area contributed by atoms with Crippen molar-refractivity contribution in [2.45, 2.75) is 12.5 Å². The van der Waals surface area contributed by atoms with Gasteiger partial charge in [0.05, 0.1) is 6.67 Å². The van der Waals surface area contributed by atoms with Gasteiger partial charge in [0.2, 0.25) is 0 Å². The van der Waals surface area contributed by atoms with Crippen LogP contribution in [0.5, 0.6) is 0 Å². The normalized spacial score (nSPS) is 12.9. The lowest BCUT2D eigenvalue weighted by molar-refractivity contribution is 0.435. The summed E-state index contributed by atoms with van der Waals surface area (Å²) in [6.07, 6.45) is 0.124. The highest BCUT2D eigenvalue weighted by Crippen LogP contribution is 2.21. The number of hydrogen-bond donors (Lipinski definition) is 1. The molecule has 2 N–H and O–H groups in total. The van der Waals surface area contributed by atoms with Crippen LogP contribution in [0.4, 0.5) is 8.78 Å². The van der Waals surface area contributed by atoms with Gasteiger partial charge in [0.25, 0.3) is 0 Å². The highest BCUT2D eigenvalue weighted by atomic mass is 35.5. The number of alkyl halides is 1. The zero-order valence-corrected chi connectivity index (χ0v) is 7.69. The fourth-order valence-electron chi connectivity index (χ4n) is 1.08. The Morgan fingerprint density at radius 2 is 2.15 bits per heavy atom. The first-order chi connectivity index (χ1) is 6.15. The van der Waals surface area contributed by atoms with Crippen LogP contribution in [0.25, 0.3) is 0 Å². The van der Waals surface area contributed by atoms with Crippen molar-refractivity contribution < 1.29 is 8.78 Å². The predicted octanol–water partition coefficient (Wildman–Crippen LogP) is 2.84. The molecule has 1 nitrogen and oxygen atoms in total. The Bertz CT molecular complexity index is 291. The number of benzene rings is 1. The van der Waals surface area contributed by atoms with E-state index in [1.54, 1.807) is 0 Å². The number of halogens is 3. The maximum atomic E-state index is 13.1. The maximum absolute atomic E-state index is 13.1. The Hall–Kier alpha value is -0.670. The van der Waals surface area contributed by atoms with Crippen LogP contribution in [0.2, 0.25) is 5.02 Å². The average molecular weight is 206 g/mol. The van der Waals surface area contributed by atoms with E-state index in [-0.39, 0.29) is 6.42 Å². The molecule has 1 atom stereocenters. The smallest absolute Gasteiger partial charge is 0.129 e. The summed E-state index contributed by atoms with van der Waals surface area (Å²) in [4.78, 5) is 0. The van der Waals surface area contributed by atoms with Crippen molar-refractivity contribution in [1.82, 2.24) is 0 Å². The molecule has 0 fully saturated rings. The van der Waals surface area contributed by atoms with Gasteiger partial charge in [-0.05, 0) is 18.6 Å². The van der Waals surface area contributed by atoms with Crippen molar-refractivity contribution in [2.75, 3.05) is 6.67 Å². The van der Waals surface area contributed by atoms with Crippen molar-refractivity contribution in [2.24, 2.45) is 5.73 Å². The summed E-state index contributed by atoms with van der Waals surface area (Å²) < 4.78 is 25.0. The van der Waals surface area contributed by atoms with Crippen LogP contribution >= 0.6 is 11.6 Å². The van der Waals surface area contributed by atoms with E-state index in [9.17, 15) is 8.78 Å². The summed E-state index contributed by atoms with van der Waals surface area (Å²) in [6.45, 7) is -0.552. The van der Waals surface area contributed by atoms with Crippen LogP contribution in [0.15, 0.2) is 18.2 Å². The van der Waals surface area contributed by atoms with Gasteiger partial charge >= 0.3 is 0 Å². The van der Waals surface area contributed by atoms with Crippen LogP contribution in [0, 0.1) is 5.82 Å². The fraction of sp³-hybridized carbons (Fsp3) is 0.333. The molecule has 0 aromatic heterocycles. The largest absolute Gasteiger partial charge is 0.324 e. The summed E-state index contributed by atoms with van der Waals surface area (Å²) in [5.74, 6) is -0.478. The lowest BCUT2D eigenvalue weighted by Gasteiger charge is -2.10. The topological polar surface area (TPSA) is 26.0 Å². The van der Waals surface area contributed by atoms with E-state index in [1.165, 1.54) is 18.2 Å². The summed E-state index contributed by atoms with van der Waals surface area (Å²) >= 11 is 5.54. The lowest BCUT2D eigenvalue weighted by atomic mass is 10.1. The molecule has 4 heteroatoms. The van der Waals surface area contributed by atoms with E-state index in [0.717, 1.165) is 0 Å². The van der Waals surface area contributed by atoms with Crippen LogP contribution in [-0.2, 0) is 0 Å². The second-order valence-corrected chi connectivity index (χ2v) is 3.19. The van der Waals surface area contributed by atoms with Crippen molar-refractivity contribution >= 4 is 11.6 Å². The summed E-state index contributed by atoms with van der Waals surface area (Å²) in [6, 6.07) is 3.60. The van der Waals surface area contributed by atoms with Gasteiger partial charge in [0, 0.05) is 16.6 Å².